The van der Waals surface area contributed by atoms with Gasteiger partial charge in [0.2, 0.25) is 0 Å². The van der Waals surface area contributed by atoms with E-state index in [4.69, 9.17) is 9.47 Å². The van der Waals surface area contributed by atoms with Crippen LogP contribution in [0.2, 0.25) is 0 Å². The average Bonchev–Trinajstić information content (AvgIpc) is 3.32. The number of ether oxygens (including phenoxy) is 2. The number of rotatable bonds is 58. The Morgan fingerprint density at radius 1 is 0.324 bits per heavy atom. The molecule has 0 aromatic carbocycles. The monoisotopic (exact) mass is 985 g/mol. The van der Waals surface area contributed by atoms with Gasteiger partial charge in [-0.3, -0.25) is 14.1 Å². The minimum absolute atomic E-state index is 0.221. The summed E-state index contributed by atoms with van der Waals surface area (Å²) in [6.07, 6.45) is 65.9. The average molecular weight is 986 g/mol. The van der Waals surface area contributed by atoms with Crippen LogP contribution in [0.1, 0.15) is 348 Å². The molecule has 0 aliphatic carbocycles. The predicted octanol–water partition coefficient (Wildman–Crippen LogP) is 19.9. The maximum absolute atomic E-state index is 12.5. The van der Waals surface area contributed by atoms with Crippen LogP contribution in [0, 0.1) is 0 Å². The van der Waals surface area contributed by atoms with Crippen LogP contribution in [0.5, 0.6) is 0 Å². The molecule has 0 aromatic rings. The molecule has 2 N–H and O–H groups in total. The maximum Gasteiger partial charge on any atom is 0.469 e. The zero-order chi connectivity index (χ0) is 49.5. The molecule has 9 heteroatoms. The summed E-state index contributed by atoms with van der Waals surface area (Å²) in [5.74, 6) is -0.855. The van der Waals surface area contributed by atoms with Gasteiger partial charge in [0.25, 0.3) is 0 Å². The summed E-state index contributed by atoms with van der Waals surface area (Å²) in [4.78, 5) is 43.3. The number of esters is 2. The molecule has 8 nitrogen and oxygen atoms in total. The Morgan fingerprint density at radius 2 is 0.529 bits per heavy atom. The van der Waals surface area contributed by atoms with Crippen molar-refractivity contribution >= 4 is 19.8 Å². The maximum atomic E-state index is 12.5. The smallest absolute Gasteiger partial charge is 0.462 e. The van der Waals surface area contributed by atoms with Crippen LogP contribution in [0.25, 0.3) is 0 Å². The van der Waals surface area contributed by atoms with E-state index >= 15 is 0 Å². The van der Waals surface area contributed by atoms with Gasteiger partial charge in [-0.05, 0) is 12.8 Å². The predicted molar refractivity (Wildman–Crippen MR) is 290 cm³/mol. The van der Waals surface area contributed by atoms with Crippen LogP contribution in [0.4, 0.5) is 0 Å². The Hall–Kier alpha value is -0.950. The largest absolute Gasteiger partial charge is 0.469 e. The van der Waals surface area contributed by atoms with Gasteiger partial charge in [0.1, 0.15) is 6.61 Å². The first-order valence-electron chi connectivity index (χ1n) is 30.3. The normalized spacial score (nSPS) is 12.2. The molecule has 0 saturated carbocycles. The lowest BCUT2D eigenvalue weighted by Gasteiger charge is -2.18. The highest BCUT2D eigenvalue weighted by Gasteiger charge is 2.23. The standard InChI is InChI=1S/C59H117O8P/c1-3-5-7-9-11-13-15-17-19-21-23-25-27-29-31-33-35-37-39-41-43-45-47-49-51-53-58(60)65-55-57(56-66-68(62,63)64)67-59(61)54-52-50-48-46-44-42-40-38-36-34-32-30-28-26-24-22-20-18-16-14-12-10-8-6-4-2/h57H,3-56H2,1-2H3,(H2,62,63,64)/t57-/m1/s1. The number of phosphoric ester groups is 1. The van der Waals surface area contributed by atoms with Gasteiger partial charge in [0.05, 0.1) is 6.61 Å². The molecular formula is C59H117O8P. The lowest BCUT2D eigenvalue weighted by atomic mass is 10.0. The third-order valence-corrected chi connectivity index (χ3v) is 14.6. The Kier molecular flexibility index (Phi) is 54.6. The van der Waals surface area contributed by atoms with Gasteiger partial charge in [-0.15, -0.1) is 0 Å². The molecule has 1 atom stereocenters. The van der Waals surface area contributed by atoms with Crippen molar-refractivity contribution < 1.29 is 37.9 Å². The van der Waals surface area contributed by atoms with E-state index in [1.54, 1.807) is 0 Å². The number of carbonyl (C=O) groups excluding carboxylic acids is 2. The number of hydrogen-bond acceptors (Lipinski definition) is 6. The Labute approximate surface area is 423 Å². The van der Waals surface area contributed by atoms with E-state index in [0.717, 1.165) is 32.1 Å². The molecule has 0 fully saturated rings. The lowest BCUT2D eigenvalue weighted by Crippen LogP contribution is -2.29. The fraction of sp³-hybridized carbons (Fsp3) is 0.966. The molecule has 0 aliphatic heterocycles. The summed E-state index contributed by atoms with van der Waals surface area (Å²) in [6, 6.07) is 0. The molecule has 406 valence electrons. The van der Waals surface area contributed by atoms with E-state index in [1.165, 1.54) is 283 Å². The first-order chi connectivity index (χ1) is 33.3. The third-order valence-electron chi connectivity index (χ3n) is 14.1. The van der Waals surface area contributed by atoms with Crippen LogP contribution >= 0.6 is 7.82 Å². The van der Waals surface area contributed by atoms with E-state index in [1.807, 2.05) is 0 Å². The minimum atomic E-state index is -4.76. The highest BCUT2D eigenvalue weighted by atomic mass is 31.2. The van der Waals surface area contributed by atoms with Crippen molar-refractivity contribution in [3.63, 3.8) is 0 Å². The number of hydrogen-bond donors (Lipinski definition) is 2. The molecule has 0 spiro atoms. The molecule has 0 unspecified atom stereocenters. The summed E-state index contributed by atoms with van der Waals surface area (Å²) in [7, 11) is -4.76. The van der Waals surface area contributed by atoms with Crippen LogP contribution in [0.15, 0.2) is 0 Å². The summed E-state index contributed by atoms with van der Waals surface area (Å²) in [5.41, 5.74) is 0. The molecule has 0 heterocycles. The van der Waals surface area contributed by atoms with E-state index in [-0.39, 0.29) is 19.4 Å². The molecule has 0 amide bonds. The molecule has 68 heavy (non-hydrogen) atoms. The van der Waals surface area contributed by atoms with Crippen LogP contribution in [-0.4, -0.2) is 41.0 Å². The second-order valence-corrected chi connectivity index (χ2v) is 22.3. The van der Waals surface area contributed by atoms with E-state index in [2.05, 4.69) is 18.4 Å². The van der Waals surface area contributed by atoms with Crippen molar-refractivity contribution in [3.05, 3.63) is 0 Å². The Bertz CT molecular complexity index is 1070. The van der Waals surface area contributed by atoms with E-state index in [9.17, 15) is 23.9 Å². The highest BCUT2D eigenvalue weighted by Crippen LogP contribution is 2.36. The first-order valence-corrected chi connectivity index (χ1v) is 31.9. The fourth-order valence-electron chi connectivity index (χ4n) is 9.62. The van der Waals surface area contributed by atoms with Crippen molar-refractivity contribution in [2.24, 2.45) is 0 Å². The number of phosphoric acid groups is 1. The molecule has 0 saturated heterocycles. The van der Waals surface area contributed by atoms with Crippen molar-refractivity contribution in [1.29, 1.82) is 0 Å². The van der Waals surface area contributed by atoms with Crippen LogP contribution < -0.4 is 0 Å². The van der Waals surface area contributed by atoms with Crippen LogP contribution in [-0.2, 0) is 28.2 Å². The topological polar surface area (TPSA) is 119 Å². The van der Waals surface area contributed by atoms with Gasteiger partial charge in [-0.2, -0.15) is 0 Å². The van der Waals surface area contributed by atoms with Gasteiger partial charge < -0.3 is 19.3 Å². The molecule has 0 aliphatic rings. The molecule has 0 bridgehead atoms. The quantitative estimate of drug-likeness (QED) is 0.0351. The Morgan fingerprint density at radius 3 is 0.750 bits per heavy atom. The van der Waals surface area contributed by atoms with Gasteiger partial charge in [0.15, 0.2) is 6.10 Å². The summed E-state index contributed by atoms with van der Waals surface area (Å²) >= 11 is 0. The fourth-order valence-corrected chi connectivity index (χ4v) is 9.98. The minimum Gasteiger partial charge on any atom is -0.462 e. The Balaban J connectivity index is 3.67. The summed E-state index contributed by atoms with van der Waals surface area (Å²) in [6.45, 7) is 3.78. The second-order valence-electron chi connectivity index (χ2n) is 21.1. The zero-order valence-electron chi connectivity index (χ0n) is 45.6. The van der Waals surface area contributed by atoms with E-state index in [0.29, 0.717) is 6.42 Å². The second kappa shape index (κ2) is 55.4. The van der Waals surface area contributed by atoms with Gasteiger partial charge >= 0.3 is 19.8 Å². The summed E-state index contributed by atoms with van der Waals surface area (Å²) in [5, 5.41) is 0. The van der Waals surface area contributed by atoms with Crippen molar-refractivity contribution in [1.82, 2.24) is 0 Å². The molecule has 0 radical (unpaired) electrons. The zero-order valence-corrected chi connectivity index (χ0v) is 46.4. The number of carbonyl (C=O) groups is 2. The number of unbranched alkanes of at least 4 members (excludes halogenated alkanes) is 48. The van der Waals surface area contributed by atoms with Crippen molar-refractivity contribution in [3.8, 4) is 0 Å². The molecular weight excluding hydrogens is 868 g/mol. The lowest BCUT2D eigenvalue weighted by molar-refractivity contribution is -0.161. The van der Waals surface area contributed by atoms with Crippen molar-refractivity contribution in [2.45, 2.75) is 354 Å². The third kappa shape index (κ3) is 57.6. The van der Waals surface area contributed by atoms with Crippen LogP contribution in [0.3, 0.4) is 0 Å². The van der Waals surface area contributed by atoms with Crippen molar-refractivity contribution in [2.75, 3.05) is 13.2 Å². The molecule has 0 aromatic heterocycles. The first kappa shape index (κ1) is 67.0. The highest BCUT2D eigenvalue weighted by molar-refractivity contribution is 7.46. The van der Waals surface area contributed by atoms with Gasteiger partial charge in [-0.1, -0.05) is 322 Å². The van der Waals surface area contributed by atoms with E-state index < -0.39 is 32.5 Å². The van der Waals surface area contributed by atoms with Gasteiger partial charge in [0, 0.05) is 12.8 Å². The summed E-state index contributed by atoms with van der Waals surface area (Å²) < 4.78 is 26.7. The molecule has 0 rings (SSSR count). The SMILES string of the molecule is CCCCCCCCCCCCCCCCCCCCCCCCCCCC(=O)OC[C@H](COP(=O)(O)O)OC(=O)CCCCCCCCCCCCCCCCCCCCCCCCCCC. The van der Waals surface area contributed by atoms with Gasteiger partial charge in [-0.25, -0.2) is 4.57 Å².